The number of amides is 1. The van der Waals surface area contributed by atoms with Gasteiger partial charge in [-0.25, -0.2) is 0 Å². The summed E-state index contributed by atoms with van der Waals surface area (Å²) in [4.78, 5) is 12.3. The highest BCUT2D eigenvalue weighted by molar-refractivity contribution is 6.30. The van der Waals surface area contributed by atoms with Crippen molar-refractivity contribution < 1.29 is 14.3 Å². The van der Waals surface area contributed by atoms with Gasteiger partial charge in [0.25, 0.3) is 5.91 Å². The average Bonchev–Trinajstić information content (AvgIpc) is 2.44. The molecular formula is C14H19ClN2O3. The third-order valence-electron chi connectivity index (χ3n) is 3.45. The second kappa shape index (κ2) is 6.43. The molecule has 0 aliphatic heterocycles. The Labute approximate surface area is 123 Å². The Kier molecular flexibility index (Phi) is 4.86. The van der Waals surface area contributed by atoms with E-state index in [4.69, 9.17) is 26.8 Å². The molecule has 110 valence electrons. The number of hydrogen-bond donors (Lipinski definition) is 2. The number of nitrogens with two attached hydrogens (primary N) is 1. The van der Waals surface area contributed by atoms with Gasteiger partial charge >= 0.3 is 0 Å². The zero-order chi connectivity index (χ0) is 14.7. The predicted octanol–water partition coefficient (Wildman–Crippen LogP) is 1.58. The quantitative estimate of drug-likeness (QED) is 0.865. The van der Waals surface area contributed by atoms with E-state index in [1.807, 2.05) is 6.92 Å². The second-order valence-electron chi connectivity index (χ2n) is 4.74. The van der Waals surface area contributed by atoms with Crippen molar-refractivity contribution in [1.29, 1.82) is 0 Å². The summed E-state index contributed by atoms with van der Waals surface area (Å²) in [6, 6.07) is 4.66. The molecule has 6 heteroatoms. The Morgan fingerprint density at radius 2 is 2.30 bits per heavy atom. The zero-order valence-corrected chi connectivity index (χ0v) is 12.3. The number of benzene rings is 1. The average molecular weight is 299 g/mol. The minimum absolute atomic E-state index is 0.0164. The summed E-state index contributed by atoms with van der Waals surface area (Å²) in [5.41, 5.74) is 6.35. The Morgan fingerprint density at radius 3 is 2.90 bits per heavy atom. The van der Waals surface area contributed by atoms with E-state index in [2.05, 4.69) is 5.32 Å². The molecule has 3 N–H and O–H groups in total. The van der Waals surface area contributed by atoms with E-state index in [1.54, 1.807) is 18.2 Å². The van der Waals surface area contributed by atoms with E-state index >= 15 is 0 Å². The van der Waals surface area contributed by atoms with Crippen molar-refractivity contribution in [3.05, 3.63) is 28.8 Å². The van der Waals surface area contributed by atoms with Gasteiger partial charge < -0.3 is 20.5 Å². The van der Waals surface area contributed by atoms with Crippen LogP contribution >= 0.6 is 11.6 Å². The van der Waals surface area contributed by atoms with Crippen LogP contribution in [0.1, 0.15) is 23.7 Å². The third-order valence-corrected chi connectivity index (χ3v) is 3.69. The molecular weight excluding hydrogens is 280 g/mol. The van der Waals surface area contributed by atoms with Crippen molar-refractivity contribution in [3.63, 3.8) is 0 Å². The lowest BCUT2D eigenvalue weighted by atomic mass is 9.83. The molecule has 1 aliphatic rings. The van der Waals surface area contributed by atoms with Crippen molar-refractivity contribution in [3.8, 4) is 5.75 Å². The minimum atomic E-state index is -0.233. The molecule has 0 saturated heterocycles. The van der Waals surface area contributed by atoms with Gasteiger partial charge in [0, 0.05) is 17.7 Å². The molecule has 0 spiro atoms. The van der Waals surface area contributed by atoms with Crippen LogP contribution in [0, 0.1) is 0 Å². The monoisotopic (exact) mass is 298 g/mol. The Balaban J connectivity index is 2.08. The van der Waals surface area contributed by atoms with Crippen LogP contribution in [-0.4, -0.2) is 37.8 Å². The first-order chi connectivity index (χ1) is 9.56. The van der Waals surface area contributed by atoms with Crippen LogP contribution < -0.4 is 15.8 Å². The van der Waals surface area contributed by atoms with E-state index in [-0.39, 0.29) is 24.1 Å². The van der Waals surface area contributed by atoms with Crippen molar-refractivity contribution in [2.24, 2.45) is 5.73 Å². The second-order valence-corrected chi connectivity index (χ2v) is 5.17. The number of carbonyl (C=O) groups excluding carboxylic acids is 1. The maximum Gasteiger partial charge on any atom is 0.255 e. The van der Waals surface area contributed by atoms with Gasteiger partial charge in [0.1, 0.15) is 5.75 Å². The van der Waals surface area contributed by atoms with E-state index in [1.165, 1.54) is 7.11 Å². The fourth-order valence-corrected chi connectivity index (χ4v) is 2.47. The summed E-state index contributed by atoms with van der Waals surface area (Å²) in [7, 11) is 1.50. The molecule has 1 fully saturated rings. The molecule has 1 amide bonds. The predicted molar refractivity (Wildman–Crippen MR) is 77.3 cm³/mol. The number of ether oxygens (including phenoxy) is 2. The summed E-state index contributed by atoms with van der Waals surface area (Å²) in [6.07, 6.45) is 0.744. The van der Waals surface area contributed by atoms with Gasteiger partial charge in [-0.2, -0.15) is 0 Å². The SMILES string of the molecule is CCOC1CC(N)C1NC(=O)c1ccc(Cl)cc1OC. The highest BCUT2D eigenvalue weighted by atomic mass is 35.5. The summed E-state index contributed by atoms with van der Waals surface area (Å²) in [6.45, 7) is 2.53. The molecule has 1 aromatic rings. The fraction of sp³-hybridized carbons (Fsp3) is 0.500. The molecule has 0 bridgehead atoms. The molecule has 3 unspecified atom stereocenters. The highest BCUT2D eigenvalue weighted by Crippen LogP contribution is 2.26. The van der Waals surface area contributed by atoms with Crippen molar-refractivity contribution in [2.45, 2.75) is 31.5 Å². The van der Waals surface area contributed by atoms with Gasteiger partial charge in [-0.15, -0.1) is 0 Å². The molecule has 20 heavy (non-hydrogen) atoms. The summed E-state index contributed by atoms with van der Waals surface area (Å²) in [5, 5.41) is 3.42. The van der Waals surface area contributed by atoms with Gasteiger partial charge in [0.05, 0.1) is 24.8 Å². The molecule has 1 aromatic carbocycles. The molecule has 5 nitrogen and oxygen atoms in total. The molecule has 3 atom stereocenters. The normalized spacial score (nSPS) is 24.9. The number of hydrogen-bond acceptors (Lipinski definition) is 4. The van der Waals surface area contributed by atoms with Gasteiger partial charge in [0.2, 0.25) is 0 Å². The van der Waals surface area contributed by atoms with Gasteiger partial charge in [-0.3, -0.25) is 4.79 Å². The maximum atomic E-state index is 12.3. The van der Waals surface area contributed by atoms with E-state index < -0.39 is 0 Å². The molecule has 0 heterocycles. The number of carbonyl (C=O) groups is 1. The first-order valence-electron chi connectivity index (χ1n) is 6.58. The van der Waals surface area contributed by atoms with Crippen molar-refractivity contribution in [1.82, 2.24) is 5.32 Å². The number of halogens is 1. The van der Waals surface area contributed by atoms with Crippen molar-refractivity contribution >= 4 is 17.5 Å². The smallest absolute Gasteiger partial charge is 0.255 e. The van der Waals surface area contributed by atoms with E-state index in [0.717, 1.165) is 6.42 Å². The summed E-state index contributed by atoms with van der Waals surface area (Å²) < 4.78 is 10.7. The lowest BCUT2D eigenvalue weighted by Gasteiger charge is -2.42. The highest BCUT2D eigenvalue weighted by Gasteiger charge is 2.40. The maximum absolute atomic E-state index is 12.3. The minimum Gasteiger partial charge on any atom is -0.496 e. The van der Waals surface area contributed by atoms with Gasteiger partial charge in [-0.05, 0) is 31.5 Å². The van der Waals surface area contributed by atoms with Crippen LogP contribution in [0.5, 0.6) is 5.75 Å². The van der Waals surface area contributed by atoms with Gasteiger partial charge in [-0.1, -0.05) is 11.6 Å². The third kappa shape index (κ3) is 3.06. The first kappa shape index (κ1) is 15.1. The van der Waals surface area contributed by atoms with Gasteiger partial charge in [0.15, 0.2) is 0 Å². The molecule has 0 aromatic heterocycles. The van der Waals surface area contributed by atoms with E-state index in [9.17, 15) is 4.79 Å². The summed E-state index contributed by atoms with van der Waals surface area (Å²) >= 11 is 5.88. The molecule has 2 rings (SSSR count). The van der Waals surface area contributed by atoms with Crippen molar-refractivity contribution in [2.75, 3.05) is 13.7 Å². The standard InChI is InChI=1S/C14H19ClN2O3/c1-3-20-12-7-10(16)13(12)17-14(18)9-5-4-8(15)6-11(9)19-2/h4-6,10,12-13H,3,7,16H2,1-2H3,(H,17,18). The number of rotatable bonds is 5. The lowest BCUT2D eigenvalue weighted by molar-refractivity contribution is -0.0300. The topological polar surface area (TPSA) is 73.6 Å². The lowest BCUT2D eigenvalue weighted by Crippen LogP contribution is -2.64. The summed E-state index contributed by atoms with van der Waals surface area (Å²) in [5.74, 6) is 0.208. The molecule has 1 aliphatic carbocycles. The van der Waals surface area contributed by atoms with Crippen LogP contribution in [0.25, 0.3) is 0 Å². The van der Waals surface area contributed by atoms with E-state index in [0.29, 0.717) is 22.9 Å². The van der Waals surface area contributed by atoms with Crippen LogP contribution in [-0.2, 0) is 4.74 Å². The van der Waals surface area contributed by atoms with Crippen LogP contribution in [0.3, 0.4) is 0 Å². The Morgan fingerprint density at radius 1 is 1.55 bits per heavy atom. The fourth-order valence-electron chi connectivity index (χ4n) is 2.31. The number of nitrogens with one attached hydrogen (secondary N) is 1. The van der Waals surface area contributed by atoms with Crippen LogP contribution in [0.15, 0.2) is 18.2 Å². The number of methoxy groups -OCH3 is 1. The largest absolute Gasteiger partial charge is 0.496 e. The van der Waals surface area contributed by atoms with Crippen LogP contribution in [0.2, 0.25) is 5.02 Å². The zero-order valence-electron chi connectivity index (χ0n) is 11.6. The molecule has 0 radical (unpaired) electrons. The Bertz CT molecular complexity index is 493. The van der Waals surface area contributed by atoms with Crippen LogP contribution in [0.4, 0.5) is 0 Å². The Hall–Kier alpha value is -1.30. The first-order valence-corrected chi connectivity index (χ1v) is 6.96. The molecule has 1 saturated carbocycles.